The lowest BCUT2D eigenvalue weighted by molar-refractivity contribution is 0.477. The molecule has 3 aromatic carbocycles. The van der Waals surface area contributed by atoms with Crippen LogP contribution in [0.15, 0.2) is 103 Å². The third-order valence-corrected chi connectivity index (χ3v) is 6.00. The molecule has 0 aliphatic heterocycles. The average molecular weight is 428 g/mol. The van der Waals surface area contributed by atoms with Crippen molar-refractivity contribution in [1.82, 2.24) is 14.5 Å². The van der Waals surface area contributed by atoms with Crippen LogP contribution in [0.25, 0.3) is 50.1 Å². The second kappa shape index (κ2) is 7.61. The second-order valence-corrected chi connectivity index (χ2v) is 8.20. The summed E-state index contributed by atoms with van der Waals surface area (Å²) in [4.78, 5) is 9.53. The number of aryl methyl sites for hydroxylation is 1. The van der Waals surface area contributed by atoms with Gasteiger partial charge in [0.1, 0.15) is 11.6 Å². The maximum Gasteiger partial charge on any atom is 0.138 e. The SMILES string of the molecule is Cc1cc(-c2ccccc2O)nc(-n2c3ccccc3c3ccc(-c4ccccn4)cc32)c1. The summed E-state index contributed by atoms with van der Waals surface area (Å²) < 4.78 is 2.20. The van der Waals surface area contributed by atoms with E-state index in [0.29, 0.717) is 0 Å². The van der Waals surface area contributed by atoms with Gasteiger partial charge >= 0.3 is 0 Å². The lowest BCUT2D eigenvalue weighted by atomic mass is 10.1. The molecule has 1 N–H and O–H groups in total. The van der Waals surface area contributed by atoms with E-state index in [1.807, 2.05) is 48.7 Å². The van der Waals surface area contributed by atoms with E-state index in [1.54, 1.807) is 6.07 Å². The van der Waals surface area contributed by atoms with Crippen molar-refractivity contribution in [3.8, 4) is 34.1 Å². The Balaban J connectivity index is 1.66. The fourth-order valence-electron chi connectivity index (χ4n) is 4.50. The molecular formula is C29H21N3O. The van der Waals surface area contributed by atoms with Crippen molar-refractivity contribution in [2.75, 3.05) is 0 Å². The first-order valence-electron chi connectivity index (χ1n) is 10.9. The van der Waals surface area contributed by atoms with Crippen molar-refractivity contribution in [3.05, 3.63) is 109 Å². The van der Waals surface area contributed by atoms with Crippen molar-refractivity contribution < 1.29 is 5.11 Å². The number of benzene rings is 3. The number of hydrogen-bond acceptors (Lipinski definition) is 3. The highest BCUT2D eigenvalue weighted by atomic mass is 16.3. The molecule has 0 unspecified atom stereocenters. The summed E-state index contributed by atoms with van der Waals surface area (Å²) in [5, 5.41) is 12.8. The number of aromatic nitrogens is 3. The quantitative estimate of drug-likeness (QED) is 0.333. The molecular weight excluding hydrogens is 406 g/mol. The van der Waals surface area contributed by atoms with E-state index >= 15 is 0 Å². The molecule has 0 fully saturated rings. The van der Waals surface area contributed by atoms with Crippen LogP contribution in [0.3, 0.4) is 0 Å². The second-order valence-electron chi connectivity index (χ2n) is 8.20. The van der Waals surface area contributed by atoms with Crippen molar-refractivity contribution in [2.45, 2.75) is 6.92 Å². The van der Waals surface area contributed by atoms with E-state index in [9.17, 15) is 5.11 Å². The van der Waals surface area contributed by atoms with E-state index in [4.69, 9.17) is 4.98 Å². The first kappa shape index (κ1) is 19.3. The van der Waals surface area contributed by atoms with Crippen LogP contribution in [0.4, 0.5) is 0 Å². The third-order valence-electron chi connectivity index (χ3n) is 6.00. The van der Waals surface area contributed by atoms with Crippen molar-refractivity contribution >= 4 is 21.8 Å². The summed E-state index contributed by atoms with van der Waals surface area (Å²) in [6, 6.07) is 32.2. The van der Waals surface area contributed by atoms with Gasteiger partial charge < -0.3 is 5.11 Å². The smallest absolute Gasteiger partial charge is 0.138 e. The lowest BCUT2D eigenvalue weighted by Gasteiger charge is -2.12. The molecule has 0 spiro atoms. The number of phenolic OH excluding ortho intramolecular Hbond substituents is 1. The molecule has 3 aromatic heterocycles. The van der Waals surface area contributed by atoms with Crippen LogP contribution in [-0.4, -0.2) is 19.6 Å². The van der Waals surface area contributed by atoms with Crippen LogP contribution in [0.5, 0.6) is 5.75 Å². The van der Waals surface area contributed by atoms with E-state index in [0.717, 1.165) is 50.3 Å². The zero-order valence-electron chi connectivity index (χ0n) is 18.1. The molecule has 0 aliphatic carbocycles. The van der Waals surface area contributed by atoms with Crippen molar-refractivity contribution in [2.24, 2.45) is 0 Å². The fourth-order valence-corrected chi connectivity index (χ4v) is 4.50. The summed E-state index contributed by atoms with van der Waals surface area (Å²) in [5.74, 6) is 1.04. The van der Waals surface area contributed by atoms with Gasteiger partial charge in [-0.05, 0) is 61.0 Å². The largest absolute Gasteiger partial charge is 0.507 e. The number of aromatic hydroxyl groups is 1. The molecule has 158 valence electrons. The fraction of sp³-hybridized carbons (Fsp3) is 0.0345. The minimum absolute atomic E-state index is 0.223. The predicted molar refractivity (Wildman–Crippen MR) is 134 cm³/mol. The van der Waals surface area contributed by atoms with Gasteiger partial charge in [-0.2, -0.15) is 0 Å². The average Bonchev–Trinajstić information content (AvgIpc) is 3.18. The standard InChI is InChI=1S/C29H21N3O/c1-19-16-25(23-9-3-5-12-28(23)33)31-29(17-19)32-26-11-4-2-8-21(26)22-14-13-20(18-27(22)32)24-10-6-7-15-30-24/h2-18,33H,1H3. The Kier molecular flexibility index (Phi) is 4.44. The molecule has 3 heterocycles. The summed E-state index contributed by atoms with van der Waals surface area (Å²) in [6.07, 6.45) is 1.82. The Bertz CT molecular complexity index is 1630. The van der Waals surface area contributed by atoms with Gasteiger partial charge in [-0.25, -0.2) is 4.98 Å². The Morgan fingerprint density at radius 3 is 2.33 bits per heavy atom. The number of nitrogens with zero attached hydrogens (tertiary/aromatic N) is 3. The van der Waals surface area contributed by atoms with E-state index in [-0.39, 0.29) is 5.75 Å². The van der Waals surface area contributed by atoms with Gasteiger partial charge in [-0.3, -0.25) is 9.55 Å². The number of fused-ring (bicyclic) bond motifs is 3. The van der Waals surface area contributed by atoms with Gasteiger partial charge in [-0.15, -0.1) is 0 Å². The Morgan fingerprint density at radius 2 is 1.48 bits per heavy atom. The van der Waals surface area contributed by atoms with E-state index in [1.165, 1.54) is 5.39 Å². The van der Waals surface area contributed by atoms with Crippen molar-refractivity contribution in [3.63, 3.8) is 0 Å². The summed E-state index contributed by atoms with van der Waals surface area (Å²) in [6.45, 7) is 2.06. The van der Waals surface area contributed by atoms with Crippen LogP contribution in [0.2, 0.25) is 0 Å². The van der Waals surface area contributed by atoms with Gasteiger partial charge in [-0.1, -0.05) is 48.5 Å². The van der Waals surface area contributed by atoms with Crippen LogP contribution < -0.4 is 0 Å². The number of para-hydroxylation sites is 2. The van der Waals surface area contributed by atoms with Gasteiger partial charge in [0, 0.05) is 28.1 Å². The highest BCUT2D eigenvalue weighted by Crippen LogP contribution is 2.35. The molecule has 4 nitrogen and oxygen atoms in total. The van der Waals surface area contributed by atoms with Crippen LogP contribution in [-0.2, 0) is 0 Å². The molecule has 0 bridgehead atoms. The van der Waals surface area contributed by atoms with Gasteiger partial charge in [0.05, 0.1) is 22.4 Å². The third kappa shape index (κ3) is 3.24. The Morgan fingerprint density at radius 1 is 0.697 bits per heavy atom. The van der Waals surface area contributed by atoms with Crippen LogP contribution in [0, 0.1) is 6.92 Å². The molecule has 0 atom stereocenters. The lowest BCUT2D eigenvalue weighted by Crippen LogP contribution is -2.00. The van der Waals surface area contributed by atoms with E-state index in [2.05, 4.69) is 65.0 Å². The number of phenols is 1. The number of rotatable bonds is 3. The Labute approximate surface area is 191 Å². The monoisotopic (exact) mass is 427 g/mol. The normalized spacial score (nSPS) is 11.3. The molecule has 0 aliphatic rings. The van der Waals surface area contributed by atoms with Crippen LogP contribution >= 0.6 is 0 Å². The highest BCUT2D eigenvalue weighted by molar-refractivity contribution is 6.10. The number of pyridine rings is 2. The molecule has 33 heavy (non-hydrogen) atoms. The van der Waals surface area contributed by atoms with Gasteiger partial charge in [0.15, 0.2) is 0 Å². The minimum Gasteiger partial charge on any atom is -0.507 e. The molecule has 6 rings (SSSR count). The molecule has 4 heteroatoms. The summed E-state index contributed by atoms with van der Waals surface area (Å²) in [7, 11) is 0. The molecule has 0 amide bonds. The molecule has 6 aromatic rings. The summed E-state index contributed by atoms with van der Waals surface area (Å²) in [5.41, 5.74) is 6.69. The maximum absolute atomic E-state index is 10.4. The maximum atomic E-state index is 10.4. The summed E-state index contributed by atoms with van der Waals surface area (Å²) >= 11 is 0. The molecule has 0 saturated heterocycles. The highest BCUT2D eigenvalue weighted by Gasteiger charge is 2.16. The zero-order chi connectivity index (χ0) is 22.4. The topological polar surface area (TPSA) is 50.9 Å². The zero-order valence-corrected chi connectivity index (χ0v) is 18.1. The predicted octanol–water partition coefficient (Wildman–Crippen LogP) is 6.92. The molecule has 0 saturated carbocycles. The number of hydrogen-bond donors (Lipinski definition) is 1. The van der Waals surface area contributed by atoms with E-state index < -0.39 is 0 Å². The Hall–Kier alpha value is -4.44. The van der Waals surface area contributed by atoms with Gasteiger partial charge in [0.25, 0.3) is 0 Å². The minimum atomic E-state index is 0.223. The van der Waals surface area contributed by atoms with Crippen LogP contribution in [0.1, 0.15) is 5.56 Å². The first-order valence-corrected chi connectivity index (χ1v) is 10.9. The van der Waals surface area contributed by atoms with Crippen molar-refractivity contribution in [1.29, 1.82) is 0 Å². The molecule has 0 radical (unpaired) electrons. The van der Waals surface area contributed by atoms with Gasteiger partial charge in [0.2, 0.25) is 0 Å². The first-order chi connectivity index (χ1) is 16.2.